The third-order valence-electron chi connectivity index (χ3n) is 5.38. The number of furan rings is 1. The van der Waals surface area contributed by atoms with Gasteiger partial charge in [0.1, 0.15) is 5.76 Å². The Hall–Kier alpha value is -2.92. The molecule has 1 aromatic heterocycles. The van der Waals surface area contributed by atoms with Crippen LogP contribution in [0.4, 0.5) is 11.4 Å². The fourth-order valence-corrected chi connectivity index (χ4v) is 4.03. The van der Waals surface area contributed by atoms with Crippen LogP contribution in [0.2, 0.25) is 5.02 Å². The van der Waals surface area contributed by atoms with Crippen LogP contribution in [-0.2, 0) is 13.1 Å². The van der Waals surface area contributed by atoms with Gasteiger partial charge in [0.15, 0.2) is 0 Å². The van der Waals surface area contributed by atoms with Gasteiger partial charge in [-0.15, -0.1) is 0 Å². The van der Waals surface area contributed by atoms with Gasteiger partial charge in [-0.2, -0.15) is 0 Å². The van der Waals surface area contributed by atoms with Gasteiger partial charge in [0.2, 0.25) is 0 Å². The first kappa shape index (κ1) is 23.7. The summed E-state index contributed by atoms with van der Waals surface area (Å²) in [6.07, 6.45) is 2.70. The maximum atomic E-state index is 13.5. The summed E-state index contributed by atoms with van der Waals surface area (Å²) in [4.78, 5) is 17.7. The van der Waals surface area contributed by atoms with Crippen LogP contribution >= 0.6 is 11.6 Å². The minimum Gasteiger partial charge on any atom is -0.467 e. The van der Waals surface area contributed by atoms with Gasteiger partial charge in [-0.25, -0.2) is 0 Å². The van der Waals surface area contributed by atoms with E-state index < -0.39 is 0 Å². The van der Waals surface area contributed by atoms with Crippen molar-refractivity contribution in [3.63, 3.8) is 0 Å². The van der Waals surface area contributed by atoms with Gasteiger partial charge in [0, 0.05) is 37.6 Å². The van der Waals surface area contributed by atoms with Crippen molar-refractivity contribution in [1.29, 1.82) is 0 Å². The first-order chi connectivity index (χ1) is 15.6. The molecule has 0 bridgehead atoms. The van der Waals surface area contributed by atoms with E-state index in [1.54, 1.807) is 23.3 Å². The van der Waals surface area contributed by atoms with Crippen LogP contribution in [0.1, 0.15) is 48.9 Å². The number of amides is 1. The molecule has 2 aromatic carbocycles. The third-order valence-corrected chi connectivity index (χ3v) is 5.71. The summed E-state index contributed by atoms with van der Waals surface area (Å²) in [5.74, 6) is 0.605. The Morgan fingerprint density at radius 3 is 2.50 bits per heavy atom. The van der Waals surface area contributed by atoms with Gasteiger partial charge < -0.3 is 19.5 Å². The van der Waals surface area contributed by atoms with E-state index in [4.69, 9.17) is 16.0 Å². The molecule has 5 nitrogen and oxygen atoms in total. The molecule has 0 aliphatic heterocycles. The summed E-state index contributed by atoms with van der Waals surface area (Å²) < 4.78 is 5.56. The number of hydrogen-bond donors (Lipinski definition) is 1. The number of hydrogen-bond acceptors (Lipinski definition) is 4. The highest BCUT2D eigenvalue weighted by Crippen LogP contribution is 2.27. The molecular formula is C26H32ClN3O2. The summed E-state index contributed by atoms with van der Waals surface area (Å²) in [7, 11) is 0. The number of halogens is 1. The molecule has 1 heterocycles. The molecule has 6 heteroatoms. The van der Waals surface area contributed by atoms with E-state index in [0.717, 1.165) is 48.8 Å². The van der Waals surface area contributed by atoms with Crippen LogP contribution < -0.4 is 10.2 Å². The molecule has 32 heavy (non-hydrogen) atoms. The number of carbonyl (C=O) groups is 1. The lowest BCUT2D eigenvalue weighted by Crippen LogP contribution is -2.31. The fraction of sp³-hybridized carbons (Fsp3) is 0.346. The second kappa shape index (κ2) is 11.6. The van der Waals surface area contributed by atoms with Crippen molar-refractivity contribution in [2.75, 3.05) is 29.9 Å². The van der Waals surface area contributed by atoms with Crippen molar-refractivity contribution < 1.29 is 9.21 Å². The van der Waals surface area contributed by atoms with Crippen LogP contribution in [0.5, 0.6) is 0 Å². The molecular weight excluding hydrogens is 422 g/mol. The molecule has 3 aromatic rings. The molecule has 0 unspecified atom stereocenters. The summed E-state index contributed by atoms with van der Waals surface area (Å²) in [5.41, 5.74) is 3.74. The molecule has 1 amide bonds. The van der Waals surface area contributed by atoms with Crippen molar-refractivity contribution in [3.8, 4) is 0 Å². The molecule has 0 fully saturated rings. The van der Waals surface area contributed by atoms with Crippen molar-refractivity contribution in [1.82, 2.24) is 4.90 Å². The van der Waals surface area contributed by atoms with Gasteiger partial charge in [0.05, 0.1) is 23.4 Å². The summed E-state index contributed by atoms with van der Waals surface area (Å²) >= 11 is 6.36. The number of anilines is 2. The number of carbonyl (C=O) groups excluding carboxylic acids is 1. The van der Waals surface area contributed by atoms with Gasteiger partial charge in [-0.05, 0) is 68.3 Å². The molecule has 0 aliphatic rings. The Morgan fingerprint density at radius 2 is 1.84 bits per heavy atom. The highest BCUT2D eigenvalue weighted by Gasteiger charge is 2.21. The molecule has 1 N–H and O–H groups in total. The van der Waals surface area contributed by atoms with E-state index in [-0.39, 0.29) is 5.91 Å². The first-order valence-electron chi connectivity index (χ1n) is 11.2. The van der Waals surface area contributed by atoms with E-state index in [9.17, 15) is 4.79 Å². The maximum Gasteiger partial charge on any atom is 0.256 e. The topological polar surface area (TPSA) is 48.7 Å². The van der Waals surface area contributed by atoms with Crippen LogP contribution in [-0.4, -0.2) is 30.4 Å². The Morgan fingerprint density at radius 1 is 1.03 bits per heavy atom. The summed E-state index contributed by atoms with van der Waals surface area (Å²) in [5, 5.41) is 3.89. The van der Waals surface area contributed by atoms with E-state index >= 15 is 0 Å². The Kier molecular flexibility index (Phi) is 8.63. The van der Waals surface area contributed by atoms with E-state index in [2.05, 4.69) is 49.2 Å². The SMILES string of the molecule is CCCN(CC)c1ccc(NCC)c(CN(Cc2ccco2)C(=O)c2ccccc2Cl)c1. The van der Waals surface area contributed by atoms with Crippen molar-refractivity contribution in [2.24, 2.45) is 0 Å². The zero-order chi connectivity index (χ0) is 22.9. The number of nitrogens with one attached hydrogen (secondary N) is 1. The molecule has 3 rings (SSSR count). The van der Waals surface area contributed by atoms with E-state index in [1.165, 1.54) is 0 Å². The normalized spacial score (nSPS) is 10.8. The smallest absolute Gasteiger partial charge is 0.256 e. The monoisotopic (exact) mass is 453 g/mol. The number of benzene rings is 2. The lowest BCUT2D eigenvalue weighted by atomic mass is 10.1. The second-order valence-electron chi connectivity index (χ2n) is 7.67. The minimum absolute atomic E-state index is 0.124. The van der Waals surface area contributed by atoms with Crippen molar-refractivity contribution in [2.45, 2.75) is 40.3 Å². The van der Waals surface area contributed by atoms with Gasteiger partial charge >= 0.3 is 0 Å². The largest absolute Gasteiger partial charge is 0.467 e. The molecule has 0 aliphatic carbocycles. The predicted molar refractivity (Wildman–Crippen MR) is 133 cm³/mol. The van der Waals surface area contributed by atoms with Crippen molar-refractivity contribution in [3.05, 3.63) is 82.8 Å². The lowest BCUT2D eigenvalue weighted by Gasteiger charge is -2.27. The zero-order valence-electron chi connectivity index (χ0n) is 19.1. The van der Waals surface area contributed by atoms with Gasteiger partial charge in [-0.1, -0.05) is 30.7 Å². The Balaban J connectivity index is 1.98. The maximum absolute atomic E-state index is 13.5. The Labute approximate surface area is 196 Å². The van der Waals surface area contributed by atoms with Gasteiger partial charge in [0.25, 0.3) is 5.91 Å². The van der Waals surface area contributed by atoms with Crippen LogP contribution in [0.15, 0.2) is 65.3 Å². The Bertz CT molecular complexity index is 1000. The van der Waals surface area contributed by atoms with Crippen molar-refractivity contribution >= 4 is 28.9 Å². The second-order valence-corrected chi connectivity index (χ2v) is 8.08. The standard InChI is InChI=1S/C26H32ClN3O2/c1-4-15-29(6-3)21-13-14-25(28-5-2)20(17-21)18-30(19-22-10-9-16-32-22)26(31)23-11-7-8-12-24(23)27/h7-14,16-17,28H,4-6,15,18-19H2,1-3H3. The molecule has 0 saturated carbocycles. The molecule has 170 valence electrons. The fourth-order valence-electron chi connectivity index (χ4n) is 3.81. The number of rotatable bonds is 11. The van der Waals surface area contributed by atoms with E-state index in [0.29, 0.717) is 23.7 Å². The minimum atomic E-state index is -0.124. The predicted octanol–water partition coefficient (Wildman–Crippen LogP) is 6.44. The molecule has 0 saturated heterocycles. The average Bonchev–Trinajstić information content (AvgIpc) is 3.31. The highest BCUT2D eigenvalue weighted by molar-refractivity contribution is 6.33. The zero-order valence-corrected chi connectivity index (χ0v) is 19.9. The first-order valence-corrected chi connectivity index (χ1v) is 11.6. The van der Waals surface area contributed by atoms with Crippen LogP contribution in [0, 0.1) is 0 Å². The molecule has 0 atom stereocenters. The quantitative estimate of drug-likeness (QED) is 0.362. The lowest BCUT2D eigenvalue weighted by molar-refractivity contribution is 0.0718. The summed E-state index contributed by atoms with van der Waals surface area (Å²) in [6, 6.07) is 17.3. The van der Waals surface area contributed by atoms with Crippen LogP contribution in [0.3, 0.4) is 0 Å². The average molecular weight is 454 g/mol. The van der Waals surface area contributed by atoms with E-state index in [1.807, 2.05) is 24.3 Å². The van der Waals surface area contributed by atoms with Gasteiger partial charge in [-0.3, -0.25) is 4.79 Å². The van der Waals surface area contributed by atoms with Crippen LogP contribution in [0.25, 0.3) is 0 Å². The summed E-state index contributed by atoms with van der Waals surface area (Å²) in [6.45, 7) is 9.94. The molecule has 0 spiro atoms. The number of nitrogens with zero attached hydrogens (tertiary/aromatic N) is 2. The molecule has 0 radical (unpaired) electrons. The highest BCUT2D eigenvalue weighted by atomic mass is 35.5. The third kappa shape index (κ3) is 5.86.